The molecular formula is C16H30N4O3S2. The number of nitrogens with one attached hydrogen (secondary N) is 3. The second-order valence-corrected chi connectivity index (χ2v) is 10.8. The highest BCUT2D eigenvalue weighted by Gasteiger charge is 2.37. The van der Waals surface area contributed by atoms with Crippen LogP contribution in [0.3, 0.4) is 0 Å². The molecular weight excluding hydrogens is 360 g/mol. The maximum absolute atomic E-state index is 11.7. The average molecular weight is 391 g/mol. The van der Waals surface area contributed by atoms with Gasteiger partial charge >= 0.3 is 0 Å². The van der Waals surface area contributed by atoms with Crippen LogP contribution in [0.25, 0.3) is 0 Å². The Kier molecular flexibility index (Phi) is 6.78. The number of piperazine rings is 1. The third-order valence-corrected chi connectivity index (χ3v) is 8.00. The van der Waals surface area contributed by atoms with E-state index in [-0.39, 0.29) is 24.4 Å². The number of sulfone groups is 1. The first kappa shape index (κ1) is 19.6. The van der Waals surface area contributed by atoms with E-state index in [9.17, 15) is 8.42 Å². The fourth-order valence-electron chi connectivity index (χ4n) is 3.82. The first-order valence-electron chi connectivity index (χ1n) is 9.07. The molecule has 3 rings (SSSR count). The third-order valence-electron chi connectivity index (χ3n) is 5.26. The quantitative estimate of drug-likeness (QED) is 0.596. The normalized spacial score (nSPS) is 39.6. The Morgan fingerprint density at radius 3 is 2.80 bits per heavy atom. The molecule has 0 aliphatic carbocycles. The number of hydrogen-bond donors (Lipinski definition) is 3. The lowest BCUT2D eigenvalue weighted by Crippen LogP contribution is -2.68. The van der Waals surface area contributed by atoms with Gasteiger partial charge in [0, 0.05) is 43.8 Å². The Hall–Kier alpha value is -0.190. The van der Waals surface area contributed by atoms with Gasteiger partial charge in [0.15, 0.2) is 15.2 Å². The van der Waals surface area contributed by atoms with E-state index < -0.39 is 15.2 Å². The monoisotopic (exact) mass is 390 g/mol. The van der Waals surface area contributed by atoms with Crippen LogP contribution in [0, 0.1) is 5.92 Å². The summed E-state index contributed by atoms with van der Waals surface area (Å²) >= 11 is 2.05. The Balaban J connectivity index is 1.57. The number of rotatable bonds is 6. The van der Waals surface area contributed by atoms with E-state index in [1.54, 1.807) is 7.11 Å². The molecule has 0 amide bonds. The molecule has 3 aliphatic rings. The van der Waals surface area contributed by atoms with Gasteiger partial charge in [-0.15, -0.1) is 0 Å². The fraction of sp³-hybridized carbons (Fsp3) is 0.938. The molecule has 3 aliphatic heterocycles. The molecule has 0 bridgehead atoms. The lowest BCUT2D eigenvalue weighted by molar-refractivity contribution is 0.00143. The Labute approximate surface area is 155 Å². The molecule has 9 heteroatoms. The minimum atomic E-state index is -3.11. The summed E-state index contributed by atoms with van der Waals surface area (Å²) in [7, 11) is -1.40. The maximum atomic E-state index is 11.7. The van der Waals surface area contributed by atoms with E-state index in [0.717, 1.165) is 19.5 Å². The van der Waals surface area contributed by atoms with Crippen molar-refractivity contribution in [1.29, 1.82) is 0 Å². The molecule has 3 heterocycles. The van der Waals surface area contributed by atoms with Gasteiger partial charge in [-0.1, -0.05) is 0 Å². The molecule has 0 aromatic rings. The average Bonchev–Trinajstić information content (AvgIpc) is 3.12. The van der Waals surface area contributed by atoms with Gasteiger partial charge in [-0.3, -0.25) is 20.9 Å². The van der Waals surface area contributed by atoms with Crippen molar-refractivity contribution in [3.05, 3.63) is 0 Å². The summed E-state index contributed by atoms with van der Waals surface area (Å²) in [6.45, 7) is 1.82. The minimum absolute atomic E-state index is 0.0803. The van der Waals surface area contributed by atoms with E-state index in [4.69, 9.17) is 4.74 Å². The highest BCUT2D eigenvalue weighted by atomic mass is 32.2. The van der Waals surface area contributed by atoms with Crippen molar-refractivity contribution < 1.29 is 13.2 Å². The molecule has 2 saturated heterocycles. The van der Waals surface area contributed by atoms with Crippen LogP contribution in [0.5, 0.6) is 0 Å². The molecule has 7 nitrogen and oxygen atoms in total. The molecule has 144 valence electrons. The second-order valence-electron chi connectivity index (χ2n) is 7.18. The summed E-state index contributed by atoms with van der Waals surface area (Å²) in [6.07, 6.45) is 7.16. The van der Waals surface area contributed by atoms with Gasteiger partial charge in [0.1, 0.15) is 6.23 Å². The molecule has 0 aromatic heterocycles. The van der Waals surface area contributed by atoms with E-state index in [1.807, 2.05) is 6.21 Å². The topological polar surface area (TPSA) is 91.8 Å². The van der Waals surface area contributed by atoms with Crippen molar-refractivity contribution in [2.75, 3.05) is 32.2 Å². The summed E-state index contributed by atoms with van der Waals surface area (Å²) in [4.78, 5) is 4.30. The number of ether oxygens (including phenoxy) is 1. The van der Waals surface area contributed by atoms with E-state index >= 15 is 0 Å². The van der Waals surface area contributed by atoms with Gasteiger partial charge in [-0.2, -0.15) is 11.8 Å². The van der Waals surface area contributed by atoms with Crippen molar-refractivity contribution in [3.8, 4) is 0 Å². The number of thioether (sulfide) groups is 1. The summed E-state index contributed by atoms with van der Waals surface area (Å²) in [5.74, 6) is 1.44. The molecule has 3 N–H and O–H groups in total. The minimum Gasteiger partial charge on any atom is -0.365 e. The van der Waals surface area contributed by atoms with Crippen molar-refractivity contribution in [2.24, 2.45) is 10.9 Å². The fourth-order valence-corrected chi connectivity index (χ4v) is 5.89. The smallest absolute Gasteiger partial charge is 0.170 e. The van der Waals surface area contributed by atoms with Crippen LogP contribution >= 0.6 is 11.8 Å². The zero-order chi connectivity index (χ0) is 17.9. The van der Waals surface area contributed by atoms with Crippen molar-refractivity contribution in [2.45, 2.75) is 54.7 Å². The van der Waals surface area contributed by atoms with Crippen LogP contribution in [-0.2, 0) is 14.6 Å². The first-order chi connectivity index (χ1) is 12.0. The van der Waals surface area contributed by atoms with E-state index in [2.05, 4.69) is 32.7 Å². The molecule has 0 saturated carbocycles. The van der Waals surface area contributed by atoms with Crippen LogP contribution in [-0.4, -0.2) is 75.9 Å². The van der Waals surface area contributed by atoms with Gasteiger partial charge in [-0.25, -0.2) is 8.42 Å². The number of hydrogen-bond acceptors (Lipinski definition) is 8. The number of aliphatic imine (C=N–C) groups is 1. The van der Waals surface area contributed by atoms with Crippen LogP contribution in [0.1, 0.15) is 25.7 Å². The van der Waals surface area contributed by atoms with Crippen LogP contribution < -0.4 is 16.0 Å². The third kappa shape index (κ3) is 5.17. The molecule has 0 spiro atoms. The Morgan fingerprint density at radius 1 is 1.36 bits per heavy atom. The van der Waals surface area contributed by atoms with Crippen molar-refractivity contribution in [1.82, 2.24) is 16.0 Å². The van der Waals surface area contributed by atoms with Gasteiger partial charge in [-0.05, 0) is 31.4 Å². The summed E-state index contributed by atoms with van der Waals surface area (Å²) < 4.78 is 28.9. The van der Waals surface area contributed by atoms with Gasteiger partial charge in [0.25, 0.3) is 0 Å². The first-order valence-corrected chi connectivity index (χ1v) is 12.1. The predicted octanol–water partition coefficient (Wildman–Crippen LogP) is 0.183. The zero-order valence-corrected chi connectivity index (χ0v) is 16.6. The molecule has 2 fully saturated rings. The number of methoxy groups -OCH3 is 1. The second kappa shape index (κ2) is 8.67. The van der Waals surface area contributed by atoms with E-state index in [1.165, 1.54) is 24.9 Å². The van der Waals surface area contributed by atoms with Gasteiger partial charge < -0.3 is 4.74 Å². The Morgan fingerprint density at radius 2 is 2.20 bits per heavy atom. The van der Waals surface area contributed by atoms with Crippen molar-refractivity contribution >= 4 is 27.8 Å². The zero-order valence-electron chi connectivity index (χ0n) is 15.0. The lowest BCUT2D eigenvalue weighted by Gasteiger charge is -2.42. The molecule has 6 atom stereocenters. The molecule has 6 unspecified atom stereocenters. The van der Waals surface area contributed by atoms with Crippen LogP contribution in [0.15, 0.2) is 4.99 Å². The van der Waals surface area contributed by atoms with Crippen LogP contribution in [0.2, 0.25) is 0 Å². The summed E-state index contributed by atoms with van der Waals surface area (Å²) in [5.41, 5.74) is 0. The maximum Gasteiger partial charge on any atom is 0.170 e. The highest BCUT2D eigenvalue weighted by Crippen LogP contribution is 2.26. The largest absolute Gasteiger partial charge is 0.365 e. The SMILES string of the molecule is COC1NCC(NCC2CCCS2)NC1C1C=NC(S(C)(=O)=O)CC1. The molecule has 25 heavy (non-hydrogen) atoms. The molecule has 0 radical (unpaired) electrons. The van der Waals surface area contributed by atoms with E-state index in [0.29, 0.717) is 11.7 Å². The van der Waals surface area contributed by atoms with Gasteiger partial charge in [0.2, 0.25) is 0 Å². The van der Waals surface area contributed by atoms with Gasteiger partial charge in [0.05, 0.1) is 12.2 Å². The Bertz CT molecular complexity index is 566. The number of nitrogens with zero attached hydrogens (tertiary/aromatic N) is 1. The molecule has 0 aromatic carbocycles. The standard InChI is InChI=1S/C16H30N4O3S2/c1-23-16-15(11-5-6-14(18-8-11)25(2,21)22)20-13(10-19-16)17-9-12-4-3-7-24-12/h8,11-17,19-20H,3-7,9-10H2,1-2H3. The highest BCUT2D eigenvalue weighted by molar-refractivity contribution is 8.00. The van der Waals surface area contributed by atoms with Crippen molar-refractivity contribution in [3.63, 3.8) is 0 Å². The van der Waals surface area contributed by atoms with Crippen LogP contribution in [0.4, 0.5) is 0 Å². The summed E-state index contributed by atoms with van der Waals surface area (Å²) in [5, 5.41) is 10.8. The summed E-state index contributed by atoms with van der Waals surface area (Å²) in [6, 6.07) is 0.0803. The lowest BCUT2D eigenvalue weighted by atomic mass is 9.91. The predicted molar refractivity (Wildman–Crippen MR) is 103 cm³/mol.